The van der Waals surface area contributed by atoms with Crippen molar-refractivity contribution in [2.75, 3.05) is 26.2 Å². The number of benzene rings is 1. The first-order valence-electron chi connectivity index (χ1n) is 7.70. The third kappa shape index (κ3) is 4.45. The van der Waals surface area contributed by atoms with Crippen LogP contribution >= 0.6 is 0 Å². The van der Waals surface area contributed by atoms with Crippen molar-refractivity contribution < 1.29 is 17.9 Å². The molecule has 0 spiro atoms. The first-order chi connectivity index (χ1) is 11.5. The summed E-state index contributed by atoms with van der Waals surface area (Å²) < 4.78 is 42.6. The molecule has 1 fully saturated rings. The molecule has 0 bridgehead atoms. The minimum absolute atomic E-state index is 0.277. The summed E-state index contributed by atoms with van der Waals surface area (Å²) in [6, 6.07) is 5.73. The van der Waals surface area contributed by atoms with Crippen molar-refractivity contribution in [2.45, 2.75) is 19.3 Å². The van der Waals surface area contributed by atoms with E-state index in [4.69, 9.17) is 0 Å². The standard InChI is InChI=1S/C15H18F3N5O/c16-15(17,18)24-14-4-1-3-12(9-14)23-13(10-20-21-23)11-22-7-2-5-19-6-8-22/h1,3-4,9-10,19H,2,5-8,11H2. The quantitative estimate of drug-likeness (QED) is 0.921. The zero-order valence-corrected chi connectivity index (χ0v) is 13.0. The Morgan fingerprint density at radius 2 is 2.08 bits per heavy atom. The monoisotopic (exact) mass is 341 g/mol. The number of nitrogens with one attached hydrogen (secondary N) is 1. The largest absolute Gasteiger partial charge is 0.573 e. The van der Waals surface area contributed by atoms with E-state index in [-0.39, 0.29) is 5.75 Å². The molecule has 1 aliphatic heterocycles. The van der Waals surface area contributed by atoms with E-state index in [1.54, 1.807) is 16.9 Å². The van der Waals surface area contributed by atoms with Gasteiger partial charge in [0.15, 0.2) is 0 Å². The van der Waals surface area contributed by atoms with E-state index in [0.29, 0.717) is 12.2 Å². The highest BCUT2D eigenvalue weighted by atomic mass is 19.4. The van der Waals surface area contributed by atoms with Gasteiger partial charge in [-0.2, -0.15) is 0 Å². The first-order valence-corrected chi connectivity index (χ1v) is 7.70. The SMILES string of the molecule is FC(F)(F)Oc1cccc(-n2nncc2CN2CCCNCC2)c1. The van der Waals surface area contributed by atoms with Crippen molar-refractivity contribution in [1.82, 2.24) is 25.2 Å². The van der Waals surface area contributed by atoms with Gasteiger partial charge in [-0.05, 0) is 31.6 Å². The van der Waals surface area contributed by atoms with Crippen LogP contribution in [-0.2, 0) is 6.54 Å². The Morgan fingerprint density at radius 1 is 1.21 bits per heavy atom. The predicted molar refractivity (Wildman–Crippen MR) is 80.8 cm³/mol. The van der Waals surface area contributed by atoms with E-state index >= 15 is 0 Å². The van der Waals surface area contributed by atoms with Crippen LogP contribution in [0.15, 0.2) is 30.5 Å². The van der Waals surface area contributed by atoms with Gasteiger partial charge >= 0.3 is 6.36 Å². The summed E-state index contributed by atoms with van der Waals surface area (Å²) in [5.74, 6) is -0.277. The number of halogens is 3. The molecular formula is C15H18F3N5O. The summed E-state index contributed by atoms with van der Waals surface area (Å²) in [5, 5.41) is 11.2. The van der Waals surface area contributed by atoms with E-state index in [1.807, 2.05) is 0 Å². The summed E-state index contributed by atoms with van der Waals surface area (Å²) in [7, 11) is 0. The second-order valence-electron chi connectivity index (χ2n) is 5.56. The van der Waals surface area contributed by atoms with Crippen LogP contribution in [0.2, 0.25) is 0 Å². The van der Waals surface area contributed by atoms with Gasteiger partial charge in [-0.3, -0.25) is 4.90 Å². The first kappa shape index (κ1) is 16.7. The number of hydrogen-bond donors (Lipinski definition) is 1. The van der Waals surface area contributed by atoms with Gasteiger partial charge < -0.3 is 10.1 Å². The van der Waals surface area contributed by atoms with E-state index in [1.165, 1.54) is 18.2 Å². The Balaban J connectivity index is 1.78. The van der Waals surface area contributed by atoms with Gasteiger partial charge in [-0.25, -0.2) is 4.68 Å². The zero-order chi connectivity index (χ0) is 17.0. The van der Waals surface area contributed by atoms with Crippen LogP contribution in [-0.4, -0.2) is 52.4 Å². The fourth-order valence-electron chi connectivity index (χ4n) is 2.68. The average Bonchev–Trinajstić information content (AvgIpc) is 2.81. The second kappa shape index (κ2) is 7.18. The summed E-state index contributed by atoms with van der Waals surface area (Å²) in [6.45, 7) is 4.40. The van der Waals surface area contributed by atoms with Crippen LogP contribution in [0, 0.1) is 0 Å². The lowest BCUT2D eigenvalue weighted by molar-refractivity contribution is -0.274. The molecule has 0 aliphatic carbocycles. The molecule has 24 heavy (non-hydrogen) atoms. The van der Waals surface area contributed by atoms with Gasteiger partial charge in [0, 0.05) is 25.7 Å². The highest BCUT2D eigenvalue weighted by Crippen LogP contribution is 2.25. The third-order valence-electron chi connectivity index (χ3n) is 3.73. The van der Waals surface area contributed by atoms with Crippen LogP contribution in [0.25, 0.3) is 5.69 Å². The Bertz CT molecular complexity index is 665. The topological polar surface area (TPSA) is 55.2 Å². The maximum atomic E-state index is 12.4. The number of aromatic nitrogens is 3. The summed E-state index contributed by atoms with van der Waals surface area (Å²) in [6.07, 6.45) is -2.03. The third-order valence-corrected chi connectivity index (χ3v) is 3.73. The predicted octanol–water partition coefficient (Wildman–Crippen LogP) is 1.96. The maximum Gasteiger partial charge on any atom is 0.573 e. The summed E-state index contributed by atoms with van der Waals surface area (Å²) in [4.78, 5) is 2.27. The van der Waals surface area contributed by atoms with Crippen LogP contribution in [0.4, 0.5) is 13.2 Å². The molecule has 2 heterocycles. The molecule has 0 unspecified atom stereocenters. The van der Waals surface area contributed by atoms with Crippen LogP contribution in [0.5, 0.6) is 5.75 Å². The Kier molecular flexibility index (Phi) is 5.00. The van der Waals surface area contributed by atoms with E-state index in [2.05, 4.69) is 25.3 Å². The molecule has 1 saturated heterocycles. The van der Waals surface area contributed by atoms with E-state index in [9.17, 15) is 13.2 Å². The molecule has 0 amide bonds. The van der Waals surface area contributed by atoms with E-state index < -0.39 is 6.36 Å². The number of nitrogens with zero attached hydrogens (tertiary/aromatic N) is 4. The highest BCUT2D eigenvalue weighted by molar-refractivity contribution is 5.39. The van der Waals surface area contributed by atoms with Crippen LogP contribution in [0.1, 0.15) is 12.1 Å². The highest BCUT2D eigenvalue weighted by Gasteiger charge is 2.31. The lowest BCUT2D eigenvalue weighted by Gasteiger charge is -2.19. The van der Waals surface area contributed by atoms with Gasteiger partial charge in [0.05, 0.1) is 17.6 Å². The minimum Gasteiger partial charge on any atom is -0.406 e. The smallest absolute Gasteiger partial charge is 0.406 e. The molecule has 0 saturated carbocycles. The van der Waals surface area contributed by atoms with Gasteiger partial charge in [-0.15, -0.1) is 18.3 Å². The number of alkyl halides is 3. The molecule has 1 N–H and O–H groups in total. The number of hydrogen-bond acceptors (Lipinski definition) is 5. The number of rotatable bonds is 4. The van der Waals surface area contributed by atoms with Gasteiger partial charge in [0.25, 0.3) is 0 Å². The second-order valence-corrected chi connectivity index (χ2v) is 5.56. The lowest BCUT2D eigenvalue weighted by Crippen LogP contribution is -2.28. The van der Waals surface area contributed by atoms with Gasteiger partial charge in [0.1, 0.15) is 5.75 Å². The molecule has 3 rings (SSSR count). The Morgan fingerprint density at radius 3 is 2.92 bits per heavy atom. The molecule has 130 valence electrons. The molecule has 6 nitrogen and oxygen atoms in total. The Hall–Kier alpha value is -2.13. The number of ether oxygens (including phenoxy) is 1. The van der Waals surface area contributed by atoms with Gasteiger partial charge in [-0.1, -0.05) is 11.3 Å². The van der Waals surface area contributed by atoms with Crippen LogP contribution in [0.3, 0.4) is 0 Å². The molecule has 1 aliphatic rings. The van der Waals surface area contributed by atoms with Crippen molar-refractivity contribution in [3.05, 3.63) is 36.2 Å². The molecule has 1 aromatic carbocycles. The maximum absolute atomic E-state index is 12.4. The molecule has 0 radical (unpaired) electrons. The minimum atomic E-state index is -4.72. The fraction of sp³-hybridized carbons (Fsp3) is 0.467. The zero-order valence-electron chi connectivity index (χ0n) is 13.0. The van der Waals surface area contributed by atoms with E-state index in [0.717, 1.165) is 38.3 Å². The van der Waals surface area contributed by atoms with Crippen molar-refractivity contribution in [3.63, 3.8) is 0 Å². The molecule has 9 heteroatoms. The van der Waals surface area contributed by atoms with Crippen LogP contribution < -0.4 is 10.1 Å². The average molecular weight is 341 g/mol. The lowest BCUT2D eigenvalue weighted by atomic mass is 10.3. The fourth-order valence-corrected chi connectivity index (χ4v) is 2.68. The molecule has 0 atom stereocenters. The molecular weight excluding hydrogens is 323 g/mol. The molecule has 1 aromatic heterocycles. The van der Waals surface area contributed by atoms with Crippen molar-refractivity contribution in [3.8, 4) is 11.4 Å². The summed E-state index contributed by atoms with van der Waals surface area (Å²) in [5.41, 5.74) is 1.30. The van der Waals surface area contributed by atoms with Crippen molar-refractivity contribution in [2.24, 2.45) is 0 Å². The van der Waals surface area contributed by atoms with Gasteiger partial charge in [0.2, 0.25) is 0 Å². The normalized spacial score (nSPS) is 16.8. The van der Waals surface area contributed by atoms with Crippen molar-refractivity contribution in [1.29, 1.82) is 0 Å². The van der Waals surface area contributed by atoms with Crippen molar-refractivity contribution >= 4 is 0 Å². The molecule has 2 aromatic rings. The summed E-state index contributed by atoms with van der Waals surface area (Å²) >= 11 is 0. The Labute approximate surface area is 137 Å².